The Bertz CT molecular complexity index is 573. The topological polar surface area (TPSA) is 12.0 Å². The number of hydrogen-bond acceptors (Lipinski definition) is 1. The van der Waals surface area contributed by atoms with Gasteiger partial charge in [-0.1, -0.05) is 60.8 Å². The lowest BCUT2D eigenvalue weighted by molar-refractivity contribution is 0.793. The van der Waals surface area contributed by atoms with Crippen molar-refractivity contribution in [1.82, 2.24) is 5.32 Å². The molecule has 0 fully saturated rings. The maximum absolute atomic E-state index is 4.22. The van der Waals surface area contributed by atoms with Crippen LogP contribution in [0.15, 0.2) is 83.2 Å². The minimum Gasteiger partial charge on any atom is -0.385 e. The summed E-state index contributed by atoms with van der Waals surface area (Å²) in [6.07, 6.45) is 9.23. The van der Waals surface area contributed by atoms with E-state index < -0.39 is 0 Å². The predicted molar refractivity (Wildman–Crippen MR) is 106 cm³/mol. The van der Waals surface area contributed by atoms with Gasteiger partial charge in [-0.05, 0) is 59.1 Å². The Morgan fingerprint density at radius 2 is 1.57 bits per heavy atom. The second-order valence-electron chi connectivity index (χ2n) is 6.01. The molecule has 0 unspecified atom stereocenters. The molecule has 0 atom stereocenters. The molecule has 0 aromatic rings. The molecule has 126 valence electrons. The molecule has 1 N–H and O–H groups in total. The van der Waals surface area contributed by atoms with Crippen LogP contribution in [0, 0.1) is 0 Å². The summed E-state index contributed by atoms with van der Waals surface area (Å²) >= 11 is 0. The van der Waals surface area contributed by atoms with Crippen molar-refractivity contribution >= 4 is 0 Å². The van der Waals surface area contributed by atoms with Crippen molar-refractivity contribution in [3.05, 3.63) is 83.2 Å². The normalized spacial score (nSPS) is 12.3. The van der Waals surface area contributed by atoms with Crippen LogP contribution in [0.3, 0.4) is 0 Å². The zero-order valence-corrected chi connectivity index (χ0v) is 15.8. The summed E-state index contributed by atoms with van der Waals surface area (Å²) in [5, 5.41) is 3.46. The average Bonchev–Trinajstić information content (AvgIpc) is 2.46. The fraction of sp³-hybridized carbons (Fsp3) is 0.364. The van der Waals surface area contributed by atoms with Gasteiger partial charge in [0.05, 0.1) is 0 Å². The molecule has 0 amide bonds. The fourth-order valence-electron chi connectivity index (χ4n) is 2.43. The maximum atomic E-state index is 4.22. The van der Waals surface area contributed by atoms with Crippen molar-refractivity contribution in [1.29, 1.82) is 0 Å². The van der Waals surface area contributed by atoms with Crippen LogP contribution >= 0.6 is 0 Å². The molecule has 0 aliphatic rings. The molecule has 0 aliphatic carbocycles. The first-order valence-corrected chi connectivity index (χ1v) is 8.17. The lowest BCUT2D eigenvalue weighted by atomic mass is 9.93. The van der Waals surface area contributed by atoms with E-state index in [1.54, 1.807) is 0 Å². The third-order valence-corrected chi connectivity index (χ3v) is 3.59. The van der Waals surface area contributed by atoms with Crippen molar-refractivity contribution in [2.45, 2.75) is 48.0 Å². The third-order valence-electron chi connectivity index (χ3n) is 3.59. The summed E-state index contributed by atoms with van der Waals surface area (Å²) in [7, 11) is 0. The van der Waals surface area contributed by atoms with E-state index in [1.807, 2.05) is 33.8 Å². The lowest BCUT2D eigenvalue weighted by Crippen LogP contribution is -2.18. The van der Waals surface area contributed by atoms with E-state index in [9.17, 15) is 0 Å². The van der Waals surface area contributed by atoms with Crippen LogP contribution in [-0.2, 0) is 0 Å². The molecule has 0 saturated carbocycles. The Hall–Kier alpha value is -2.02. The van der Waals surface area contributed by atoms with Gasteiger partial charge in [-0.3, -0.25) is 0 Å². The first-order valence-electron chi connectivity index (χ1n) is 8.17. The molecule has 0 saturated heterocycles. The summed E-state index contributed by atoms with van der Waals surface area (Å²) in [5.41, 5.74) is 7.93. The predicted octanol–water partition coefficient (Wildman–Crippen LogP) is 6.42. The van der Waals surface area contributed by atoms with Crippen molar-refractivity contribution < 1.29 is 0 Å². The molecule has 0 radical (unpaired) electrons. The zero-order chi connectivity index (χ0) is 18.0. The molecule has 0 heterocycles. The van der Waals surface area contributed by atoms with E-state index in [0.717, 1.165) is 41.0 Å². The summed E-state index contributed by atoms with van der Waals surface area (Å²) in [6.45, 7) is 25.5. The van der Waals surface area contributed by atoms with E-state index in [2.05, 4.69) is 57.1 Å². The van der Waals surface area contributed by atoms with Gasteiger partial charge in [-0.15, -0.1) is 0 Å². The third kappa shape index (κ3) is 7.19. The highest BCUT2D eigenvalue weighted by Gasteiger charge is 2.11. The van der Waals surface area contributed by atoms with Gasteiger partial charge >= 0.3 is 0 Å². The van der Waals surface area contributed by atoms with E-state index in [0.29, 0.717) is 0 Å². The van der Waals surface area contributed by atoms with Crippen LogP contribution in [0.1, 0.15) is 48.0 Å². The second kappa shape index (κ2) is 10.7. The fourth-order valence-corrected chi connectivity index (χ4v) is 2.43. The Balaban J connectivity index is 5.03. The number of allylic oxidation sites excluding steroid dienone is 8. The van der Waals surface area contributed by atoms with E-state index in [-0.39, 0.29) is 0 Å². The van der Waals surface area contributed by atoms with E-state index in [1.165, 1.54) is 11.1 Å². The number of nitrogens with one attached hydrogen (secondary N) is 1. The van der Waals surface area contributed by atoms with E-state index in [4.69, 9.17) is 0 Å². The molecule has 0 rings (SSSR count). The van der Waals surface area contributed by atoms with Crippen LogP contribution in [0.2, 0.25) is 0 Å². The van der Waals surface area contributed by atoms with Crippen molar-refractivity contribution in [3.8, 4) is 0 Å². The number of hydrogen-bond donors (Lipinski definition) is 1. The molecular weight excluding hydrogens is 278 g/mol. The van der Waals surface area contributed by atoms with Gasteiger partial charge in [-0.25, -0.2) is 0 Å². The van der Waals surface area contributed by atoms with Gasteiger partial charge in [0.1, 0.15) is 0 Å². The lowest BCUT2D eigenvalue weighted by Gasteiger charge is -2.19. The minimum absolute atomic E-state index is 0.832. The molecule has 0 aromatic heterocycles. The van der Waals surface area contributed by atoms with E-state index >= 15 is 0 Å². The smallest absolute Gasteiger partial charge is 0.0346 e. The Kier molecular flexibility index (Phi) is 9.73. The SMILES string of the molecule is C=C(NCC/C(=C/C=C\C)C(=C)C)C(=C(C)C)/C(=C/C)C(=C)C. The zero-order valence-electron chi connectivity index (χ0n) is 15.8. The van der Waals surface area contributed by atoms with Gasteiger partial charge < -0.3 is 5.32 Å². The maximum Gasteiger partial charge on any atom is 0.0346 e. The molecule has 1 heteroatoms. The highest BCUT2D eigenvalue weighted by Crippen LogP contribution is 2.26. The molecule has 0 spiro atoms. The van der Waals surface area contributed by atoms with Crippen LogP contribution in [0.5, 0.6) is 0 Å². The molecule has 0 bridgehead atoms. The molecule has 0 aromatic carbocycles. The van der Waals surface area contributed by atoms with Gasteiger partial charge in [0.15, 0.2) is 0 Å². The van der Waals surface area contributed by atoms with Crippen molar-refractivity contribution in [2.24, 2.45) is 0 Å². The number of rotatable bonds is 9. The van der Waals surface area contributed by atoms with Gasteiger partial charge in [0.2, 0.25) is 0 Å². The Morgan fingerprint density at radius 3 is 1.96 bits per heavy atom. The van der Waals surface area contributed by atoms with Gasteiger partial charge in [0, 0.05) is 17.8 Å². The van der Waals surface area contributed by atoms with Crippen molar-refractivity contribution in [2.75, 3.05) is 6.54 Å². The minimum atomic E-state index is 0.832. The standard InChI is InChI=1S/C22H33N/c1-10-12-13-20(16(3)4)14-15-23-19(9)22(18(7)8)21(11-2)17(5)6/h10-13,23H,3,5,9,14-15H2,1-2,4,6-8H3/b12-10-,20-13-,21-11+. The molecule has 1 nitrogen and oxygen atoms in total. The van der Waals surface area contributed by atoms with Crippen LogP contribution < -0.4 is 5.32 Å². The van der Waals surface area contributed by atoms with Crippen LogP contribution in [0.4, 0.5) is 0 Å². The first-order chi connectivity index (χ1) is 10.8. The summed E-state index contributed by atoms with van der Waals surface area (Å²) in [5.74, 6) is 0. The van der Waals surface area contributed by atoms with Crippen molar-refractivity contribution in [3.63, 3.8) is 0 Å². The first kappa shape index (κ1) is 21.0. The largest absolute Gasteiger partial charge is 0.385 e. The Labute approximate surface area is 143 Å². The quantitative estimate of drug-likeness (QED) is 0.485. The summed E-state index contributed by atoms with van der Waals surface area (Å²) < 4.78 is 0. The second-order valence-corrected chi connectivity index (χ2v) is 6.01. The van der Waals surface area contributed by atoms with Crippen LogP contribution in [-0.4, -0.2) is 6.54 Å². The molecular formula is C22H33N. The molecule has 0 aliphatic heterocycles. The Morgan fingerprint density at radius 1 is 0.957 bits per heavy atom. The summed E-state index contributed by atoms with van der Waals surface area (Å²) in [4.78, 5) is 0. The highest BCUT2D eigenvalue weighted by atomic mass is 14.9. The molecule has 23 heavy (non-hydrogen) atoms. The van der Waals surface area contributed by atoms with Crippen LogP contribution in [0.25, 0.3) is 0 Å². The monoisotopic (exact) mass is 311 g/mol. The van der Waals surface area contributed by atoms with Gasteiger partial charge in [0.25, 0.3) is 0 Å². The summed E-state index contributed by atoms with van der Waals surface area (Å²) in [6, 6.07) is 0. The van der Waals surface area contributed by atoms with Gasteiger partial charge in [-0.2, -0.15) is 0 Å². The average molecular weight is 312 g/mol. The highest BCUT2D eigenvalue weighted by molar-refractivity contribution is 5.54.